The SMILES string of the molecule is Cc1ccc(F)cc1S(=O)(=O)NCC1CCNC1. The molecule has 18 heavy (non-hydrogen) atoms. The van der Waals surface area contributed by atoms with Crippen molar-refractivity contribution in [3.8, 4) is 0 Å². The quantitative estimate of drug-likeness (QED) is 0.860. The number of nitrogens with one attached hydrogen (secondary N) is 2. The van der Waals surface area contributed by atoms with Gasteiger partial charge in [0.05, 0.1) is 4.90 Å². The fourth-order valence-corrected chi connectivity index (χ4v) is 3.43. The van der Waals surface area contributed by atoms with E-state index in [0.717, 1.165) is 25.6 Å². The zero-order valence-electron chi connectivity index (χ0n) is 10.2. The molecular formula is C12H17FN2O2S. The molecule has 0 bridgehead atoms. The lowest BCUT2D eigenvalue weighted by atomic mass is 10.1. The van der Waals surface area contributed by atoms with Crippen LogP contribution < -0.4 is 10.0 Å². The molecule has 6 heteroatoms. The molecule has 2 N–H and O–H groups in total. The third-order valence-electron chi connectivity index (χ3n) is 3.16. The molecule has 1 aliphatic heterocycles. The topological polar surface area (TPSA) is 58.2 Å². The van der Waals surface area contributed by atoms with Crippen LogP contribution in [0.25, 0.3) is 0 Å². The molecule has 0 radical (unpaired) electrons. The van der Waals surface area contributed by atoms with Gasteiger partial charge in [0, 0.05) is 6.54 Å². The highest BCUT2D eigenvalue weighted by atomic mass is 32.2. The van der Waals surface area contributed by atoms with Crippen LogP contribution >= 0.6 is 0 Å². The fraction of sp³-hybridized carbons (Fsp3) is 0.500. The van der Waals surface area contributed by atoms with Gasteiger partial charge in [-0.15, -0.1) is 0 Å². The number of rotatable bonds is 4. The van der Waals surface area contributed by atoms with E-state index in [0.29, 0.717) is 18.0 Å². The maximum atomic E-state index is 13.1. The first-order valence-electron chi connectivity index (χ1n) is 5.95. The lowest BCUT2D eigenvalue weighted by molar-refractivity contribution is 0.537. The first-order chi connectivity index (χ1) is 8.49. The second-order valence-corrected chi connectivity index (χ2v) is 6.36. The fourth-order valence-electron chi connectivity index (χ4n) is 2.06. The minimum atomic E-state index is -3.62. The van der Waals surface area contributed by atoms with Crippen LogP contribution in [0, 0.1) is 18.7 Å². The lowest BCUT2D eigenvalue weighted by Gasteiger charge is -2.12. The Labute approximate surface area is 107 Å². The van der Waals surface area contributed by atoms with Gasteiger partial charge >= 0.3 is 0 Å². The number of sulfonamides is 1. The number of halogens is 1. The second kappa shape index (κ2) is 5.34. The van der Waals surface area contributed by atoms with Gasteiger partial charge < -0.3 is 5.32 Å². The smallest absolute Gasteiger partial charge is 0.240 e. The van der Waals surface area contributed by atoms with Crippen LogP contribution in [0.4, 0.5) is 4.39 Å². The van der Waals surface area contributed by atoms with E-state index in [9.17, 15) is 12.8 Å². The summed E-state index contributed by atoms with van der Waals surface area (Å²) in [6, 6.07) is 3.79. The number of benzene rings is 1. The number of aryl methyl sites for hydroxylation is 1. The predicted octanol–water partition coefficient (Wildman–Crippen LogP) is 1.02. The summed E-state index contributed by atoms with van der Waals surface area (Å²) >= 11 is 0. The summed E-state index contributed by atoms with van der Waals surface area (Å²) in [7, 11) is -3.62. The summed E-state index contributed by atoms with van der Waals surface area (Å²) in [5.41, 5.74) is 0.549. The Morgan fingerprint density at radius 1 is 1.50 bits per heavy atom. The van der Waals surface area contributed by atoms with E-state index in [1.54, 1.807) is 6.92 Å². The van der Waals surface area contributed by atoms with Gasteiger partial charge in [-0.3, -0.25) is 0 Å². The van der Waals surface area contributed by atoms with Crippen molar-refractivity contribution in [1.82, 2.24) is 10.0 Å². The van der Waals surface area contributed by atoms with Crippen molar-refractivity contribution < 1.29 is 12.8 Å². The molecule has 4 nitrogen and oxygen atoms in total. The maximum absolute atomic E-state index is 13.1. The molecule has 1 aromatic carbocycles. The molecule has 1 fully saturated rings. The molecule has 1 aromatic rings. The van der Waals surface area contributed by atoms with E-state index >= 15 is 0 Å². The Hall–Kier alpha value is -0.980. The van der Waals surface area contributed by atoms with E-state index in [-0.39, 0.29) is 4.90 Å². The largest absolute Gasteiger partial charge is 0.316 e. The van der Waals surface area contributed by atoms with Crippen molar-refractivity contribution in [1.29, 1.82) is 0 Å². The van der Waals surface area contributed by atoms with E-state index in [4.69, 9.17) is 0 Å². The molecule has 1 heterocycles. The second-order valence-electron chi connectivity index (χ2n) is 4.62. The standard InChI is InChI=1S/C12H17FN2O2S/c1-9-2-3-11(13)6-12(9)18(16,17)15-8-10-4-5-14-7-10/h2-3,6,10,14-15H,4-5,7-8H2,1H3. The molecule has 0 amide bonds. The molecular weight excluding hydrogens is 255 g/mol. The molecule has 0 aliphatic carbocycles. The van der Waals surface area contributed by atoms with E-state index in [1.807, 2.05) is 0 Å². The first-order valence-corrected chi connectivity index (χ1v) is 7.44. The third-order valence-corrected chi connectivity index (χ3v) is 4.73. The molecule has 1 saturated heterocycles. The average Bonchev–Trinajstić information content (AvgIpc) is 2.83. The van der Waals surface area contributed by atoms with Crippen molar-refractivity contribution >= 4 is 10.0 Å². The molecule has 0 saturated carbocycles. The zero-order valence-corrected chi connectivity index (χ0v) is 11.1. The minimum Gasteiger partial charge on any atom is -0.316 e. The van der Waals surface area contributed by atoms with Gasteiger partial charge in [-0.25, -0.2) is 17.5 Å². The van der Waals surface area contributed by atoms with E-state index in [1.165, 1.54) is 12.1 Å². The van der Waals surface area contributed by atoms with Crippen LogP contribution in [0.1, 0.15) is 12.0 Å². The third kappa shape index (κ3) is 3.07. The van der Waals surface area contributed by atoms with E-state index < -0.39 is 15.8 Å². The lowest BCUT2D eigenvalue weighted by Crippen LogP contribution is -2.30. The molecule has 2 rings (SSSR count). The predicted molar refractivity (Wildman–Crippen MR) is 67.3 cm³/mol. The zero-order chi connectivity index (χ0) is 13.2. The van der Waals surface area contributed by atoms with E-state index in [2.05, 4.69) is 10.0 Å². The summed E-state index contributed by atoms with van der Waals surface area (Å²) in [5.74, 6) is -0.225. The average molecular weight is 272 g/mol. The van der Waals surface area contributed by atoms with Gasteiger partial charge in [0.2, 0.25) is 10.0 Å². The van der Waals surface area contributed by atoms with Gasteiger partial charge in [-0.1, -0.05) is 6.07 Å². The Bertz CT molecular complexity index is 525. The van der Waals surface area contributed by atoms with Crippen molar-refractivity contribution in [2.24, 2.45) is 5.92 Å². The number of hydrogen-bond acceptors (Lipinski definition) is 3. The molecule has 1 unspecified atom stereocenters. The van der Waals surface area contributed by atoms with Crippen LogP contribution in [-0.2, 0) is 10.0 Å². The Morgan fingerprint density at radius 3 is 2.94 bits per heavy atom. The summed E-state index contributed by atoms with van der Waals surface area (Å²) in [6.45, 7) is 3.80. The van der Waals surface area contributed by atoms with Crippen LogP contribution in [0.2, 0.25) is 0 Å². The highest BCUT2D eigenvalue weighted by Gasteiger charge is 2.21. The van der Waals surface area contributed by atoms with Crippen LogP contribution in [-0.4, -0.2) is 28.1 Å². The van der Waals surface area contributed by atoms with Gasteiger partial charge in [0.25, 0.3) is 0 Å². The first kappa shape index (κ1) is 13.5. The normalized spacial score (nSPS) is 20.2. The van der Waals surface area contributed by atoms with Crippen molar-refractivity contribution in [3.05, 3.63) is 29.6 Å². The molecule has 100 valence electrons. The summed E-state index contributed by atoms with van der Waals surface area (Å²) in [6.07, 6.45) is 0.963. The Kier molecular flexibility index (Phi) is 3.99. The molecule has 0 spiro atoms. The summed E-state index contributed by atoms with van der Waals surface area (Å²) in [4.78, 5) is 0.0217. The molecule has 1 atom stereocenters. The molecule has 1 aliphatic rings. The van der Waals surface area contributed by atoms with Gasteiger partial charge in [0.15, 0.2) is 0 Å². The van der Waals surface area contributed by atoms with Crippen LogP contribution in [0.3, 0.4) is 0 Å². The van der Waals surface area contributed by atoms with Crippen LogP contribution in [0.15, 0.2) is 23.1 Å². The minimum absolute atomic E-state index is 0.0217. The van der Waals surface area contributed by atoms with Crippen molar-refractivity contribution in [3.63, 3.8) is 0 Å². The maximum Gasteiger partial charge on any atom is 0.240 e. The Morgan fingerprint density at radius 2 is 2.28 bits per heavy atom. The summed E-state index contributed by atoms with van der Waals surface area (Å²) < 4.78 is 39.8. The Balaban J connectivity index is 2.12. The summed E-state index contributed by atoms with van der Waals surface area (Å²) in [5, 5.41) is 3.17. The van der Waals surface area contributed by atoms with Gasteiger partial charge in [0.1, 0.15) is 5.82 Å². The van der Waals surface area contributed by atoms with Crippen molar-refractivity contribution in [2.75, 3.05) is 19.6 Å². The van der Waals surface area contributed by atoms with Gasteiger partial charge in [-0.2, -0.15) is 0 Å². The highest BCUT2D eigenvalue weighted by molar-refractivity contribution is 7.89. The monoisotopic (exact) mass is 272 g/mol. The van der Waals surface area contributed by atoms with Crippen LogP contribution in [0.5, 0.6) is 0 Å². The number of hydrogen-bond donors (Lipinski definition) is 2. The van der Waals surface area contributed by atoms with Crippen molar-refractivity contribution in [2.45, 2.75) is 18.2 Å². The molecule has 0 aromatic heterocycles. The highest BCUT2D eigenvalue weighted by Crippen LogP contribution is 2.17. The van der Waals surface area contributed by atoms with Gasteiger partial charge in [-0.05, 0) is 50.0 Å².